The first kappa shape index (κ1) is 15.4. The van der Waals surface area contributed by atoms with E-state index in [9.17, 15) is 4.79 Å². The summed E-state index contributed by atoms with van der Waals surface area (Å²) in [6.45, 7) is 8.98. The number of nitrogens with zero attached hydrogens (tertiary/aromatic N) is 1. The summed E-state index contributed by atoms with van der Waals surface area (Å²) in [6, 6.07) is 0.176. The number of carbonyl (C=O) groups is 1. The van der Waals surface area contributed by atoms with E-state index in [0.717, 1.165) is 26.2 Å². The maximum absolute atomic E-state index is 12.0. The Morgan fingerprint density at radius 1 is 1.50 bits per heavy atom. The molecule has 4 nitrogen and oxygen atoms in total. The molecule has 0 radical (unpaired) electrons. The third-order valence-corrected chi connectivity index (χ3v) is 3.77. The summed E-state index contributed by atoms with van der Waals surface area (Å²) in [5.74, 6) is 0.569. The molecule has 1 aliphatic heterocycles. The van der Waals surface area contributed by atoms with Crippen molar-refractivity contribution in [2.45, 2.75) is 39.7 Å². The number of carbonyl (C=O) groups excluding carboxylic acids is 1. The van der Waals surface area contributed by atoms with Crippen molar-refractivity contribution in [2.24, 2.45) is 11.3 Å². The van der Waals surface area contributed by atoms with Crippen LogP contribution in [0.4, 0.5) is 0 Å². The summed E-state index contributed by atoms with van der Waals surface area (Å²) in [5.41, 5.74) is 0.0747. The van der Waals surface area contributed by atoms with Gasteiger partial charge in [0.15, 0.2) is 0 Å². The molecule has 1 saturated heterocycles. The predicted molar refractivity (Wildman–Crippen MR) is 73.5 cm³/mol. The molecule has 1 aliphatic rings. The van der Waals surface area contributed by atoms with Crippen molar-refractivity contribution < 1.29 is 9.53 Å². The normalized spacial score (nSPS) is 22.2. The van der Waals surface area contributed by atoms with E-state index in [4.69, 9.17) is 4.74 Å². The zero-order valence-corrected chi connectivity index (χ0v) is 12.5. The molecule has 0 aliphatic carbocycles. The molecular formula is C14H28N2O2. The van der Waals surface area contributed by atoms with Crippen LogP contribution in [0.3, 0.4) is 0 Å². The van der Waals surface area contributed by atoms with Crippen molar-refractivity contribution in [1.82, 2.24) is 10.2 Å². The Labute approximate surface area is 111 Å². The van der Waals surface area contributed by atoms with Crippen LogP contribution in [-0.4, -0.2) is 50.7 Å². The number of hydrogen-bond donors (Lipinski definition) is 1. The lowest BCUT2D eigenvalue weighted by atomic mass is 9.84. The van der Waals surface area contributed by atoms with Crippen molar-refractivity contribution in [3.63, 3.8) is 0 Å². The van der Waals surface area contributed by atoms with Gasteiger partial charge in [-0.25, -0.2) is 0 Å². The monoisotopic (exact) mass is 256 g/mol. The summed E-state index contributed by atoms with van der Waals surface area (Å²) in [5, 5.41) is 3.13. The van der Waals surface area contributed by atoms with Crippen LogP contribution < -0.4 is 5.32 Å². The largest absolute Gasteiger partial charge is 0.381 e. The zero-order valence-electron chi connectivity index (χ0n) is 12.5. The molecule has 0 bridgehead atoms. The lowest BCUT2D eigenvalue weighted by molar-refractivity contribution is -0.123. The van der Waals surface area contributed by atoms with Crippen LogP contribution in [0.2, 0.25) is 0 Å². The summed E-state index contributed by atoms with van der Waals surface area (Å²) in [6.07, 6.45) is 1.62. The van der Waals surface area contributed by atoms with Gasteiger partial charge in [0.1, 0.15) is 0 Å². The molecule has 1 N–H and O–H groups in total. The quantitative estimate of drug-likeness (QED) is 0.783. The van der Waals surface area contributed by atoms with Crippen LogP contribution in [-0.2, 0) is 9.53 Å². The Bertz CT molecular complexity index is 271. The predicted octanol–water partition coefficient (Wildman–Crippen LogP) is 1.51. The van der Waals surface area contributed by atoms with E-state index in [2.05, 4.69) is 45.1 Å². The minimum absolute atomic E-state index is 0.0747. The molecule has 2 atom stereocenters. The summed E-state index contributed by atoms with van der Waals surface area (Å²) < 4.78 is 5.30. The second-order valence-electron chi connectivity index (χ2n) is 6.45. The molecule has 1 heterocycles. The Balaban J connectivity index is 2.37. The second kappa shape index (κ2) is 6.53. The average molecular weight is 256 g/mol. The molecule has 1 rings (SSSR count). The summed E-state index contributed by atoms with van der Waals surface area (Å²) in [4.78, 5) is 14.1. The van der Waals surface area contributed by atoms with E-state index in [1.54, 1.807) is 0 Å². The molecular weight excluding hydrogens is 228 g/mol. The van der Waals surface area contributed by atoms with Gasteiger partial charge in [-0.2, -0.15) is 0 Å². The van der Waals surface area contributed by atoms with Crippen LogP contribution in [0.15, 0.2) is 0 Å². The number of nitrogens with one attached hydrogen (secondary N) is 1. The molecule has 0 aromatic heterocycles. The van der Waals surface area contributed by atoms with Crippen molar-refractivity contribution in [3.05, 3.63) is 0 Å². The van der Waals surface area contributed by atoms with E-state index in [1.807, 2.05) is 0 Å². The molecule has 0 saturated carbocycles. The van der Waals surface area contributed by atoms with Crippen molar-refractivity contribution in [3.8, 4) is 0 Å². The average Bonchev–Trinajstić information content (AvgIpc) is 2.67. The Hall–Kier alpha value is -0.610. The maximum Gasteiger partial charge on any atom is 0.220 e. The third kappa shape index (κ3) is 4.94. The van der Waals surface area contributed by atoms with Gasteiger partial charge in [0, 0.05) is 32.2 Å². The van der Waals surface area contributed by atoms with Crippen molar-refractivity contribution >= 4 is 5.91 Å². The van der Waals surface area contributed by atoms with Gasteiger partial charge >= 0.3 is 0 Å². The molecule has 18 heavy (non-hydrogen) atoms. The minimum atomic E-state index is 0.0747. The van der Waals surface area contributed by atoms with Gasteiger partial charge in [-0.3, -0.25) is 4.79 Å². The van der Waals surface area contributed by atoms with Gasteiger partial charge < -0.3 is 15.0 Å². The molecule has 0 aromatic rings. The lowest BCUT2D eigenvalue weighted by Gasteiger charge is -2.35. The Morgan fingerprint density at radius 2 is 2.17 bits per heavy atom. The molecule has 4 heteroatoms. The Kier molecular flexibility index (Phi) is 5.60. The van der Waals surface area contributed by atoms with E-state index < -0.39 is 0 Å². The highest BCUT2D eigenvalue weighted by Gasteiger charge is 2.28. The lowest BCUT2D eigenvalue weighted by Crippen LogP contribution is -2.47. The fourth-order valence-electron chi connectivity index (χ4n) is 2.45. The summed E-state index contributed by atoms with van der Waals surface area (Å²) in [7, 11) is 4.12. The van der Waals surface area contributed by atoms with Crippen LogP contribution in [0.1, 0.15) is 33.6 Å². The third-order valence-electron chi connectivity index (χ3n) is 3.77. The SMILES string of the molecule is C[C@H](NC(=O)C[C@H]1CCOC1)C(C)(C)CN(C)C. The van der Waals surface area contributed by atoms with Crippen LogP contribution in [0.5, 0.6) is 0 Å². The second-order valence-corrected chi connectivity index (χ2v) is 6.45. The van der Waals surface area contributed by atoms with E-state index in [-0.39, 0.29) is 17.4 Å². The standard InChI is InChI=1S/C14H28N2O2/c1-11(14(2,3)10-16(4)5)15-13(17)8-12-6-7-18-9-12/h11-12H,6-10H2,1-5H3,(H,15,17)/t11-,12+/m0/s1. The van der Waals surface area contributed by atoms with Crippen molar-refractivity contribution in [1.29, 1.82) is 0 Å². The first-order valence-electron chi connectivity index (χ1n) is 6.83. The number of amides is 1. The van der Waals surface area contributed by atoms with Gasteiger partial charge in [0.05, 0.1) is 0 Å². The van der Waals surface area contributed by atoms with Crippen LogP contribution in [0.25, 0.3) is 0 Å². The van der Waals surface area contributed by atoms with Gasteiger partial charge in [0.25, 0.3) is 0 Å². The van der Waals surface area contributed by atoms with Crippen molar-refractivity contribution in [2.75, 3.05) is 33.9 Å². The molecule has 0 unspecified atom stereocenters. The Morgan fingerprint density at radius 3 is 2.67 bits per heavy atom. The highest BCUT2D eigenvalue weighted by atomic mass is 16.5. The van der Waals surface area contributed by atoms with E-state index in [1.165, 1.54) is 0 Å². The summed E-state index contributed by atoms with van der Waals surface area (Å²) >= 11 is 0. The van der Waals surface area contributed by atoms with Gasteiger partial charge in [-0.15, -0.1) is 0 Å². The first-order chi connectivity index (χ1) is 8.31. The number of ether oxygens (including phenoxy) is 1. The molecule has 1 amide bonds. The number of rotatable bonds is 6. The van der Waals surface area contributed by atoms with E-state index >= 15 is 0 Å². The fraction of sp³-hybridized carbons (Fsp3) is 0.929. The zero-order chi connectivity index (χ0) is 13.8. The van der Waals surface area contributed by atoms with E-state index in [0.29, 0.717) is 12.3 Å². The molecule has 0 spiro atoms. The molecule has 1 fully saturated rings. The van der Waals surface area contributed by atoms with Crippen LogP contribution >= 0.6 is 0 Å². The highest BCUT2D eigenvalue weighted by molar-refractivity contribution is 5.76. The molecule has 0 aromatic carbocycles. The van der Waals surface area contributed by atoms with Gasteiger partial charge in [0.2, 0.25) is 5.91 Å². The smallest absolute Gasteiger partial charge is 0.220 e. The van der Waals surface area contributed by atoms with Crippen LogP contribution in [0, 0.1) is 11.3 Å². The first-order valence-corrected chi connectivity index (χ1v) is 6.83. The highest BCUT2D eigenvalue weighted by Crippen LogP contribution is 2.22. The molecule has 106 valence electrons. The minimum Gasteiger partial charge on any atom is -0.381 e. The topological polar surface area (TPSA) is 41.6 Å². The fourth-order valence-corrected chi connectivity index (χ4v) is 2.45. The van der Waals surface area contributed by atoms with Gasteiger partial charge in [-0.05, 0) is 38.8 Å². The van der Waals surface area contributed by atoms with Gasteiger partial charge in [-0.1, -0.05) is 13.8 Å². The number of hydrogen-bond acceptors (Lipinski definition) is 3. The maximum atomic E-state index is 12.0.